The molecule has 210 valence electrons. The first kappa shape index (κ1) is 34.7. The van der Waals surface area contributed by atoms with Crippen molar-refractivity contribution in [3.63, 3.8) is 0 Å². The molecule has 1 N–H and O–H groups in total. The molecule has 2 unspecified atom stereocenters. The average Bonchev–Trinajstić information content (AvgIpc) is 2.82. The fraction of sp³-hybridized carbons (Fsp3) is 0.964. The molecule has 0 fully saturated rings. The lowest BCUT2D eigenvalue weighted by atomic mass is 9.95. The van der Waals surface area contributed by atoms with E-state index in [1.54, 1.807) is 0 Å². The Hall–Kier alpha value is -0.260. The second kappa shape index (κ2) is 24.1. The predicted molar refractivity (Wildman–Crippen MR) is 148 cm³/mol. The Bertz CT molecular complexity index is 529. The molecule has 0 aliphatic carbocycles. The molecule has 0 aliphatic heterocycles. The molecule has 0 aromatic rings. The van der Waals surface area contributed by atoms with Crippen molar-refractivity contribution in [2.24, 2.45) is 5.92 Å². The standard InChI is InChI=1S/C28H58NO5P/c1-5-7-8-9-10-11-12-13-14-15-16-17-18-19-20-22-27(25-28(30)6-2)26-34-35(31,32)33-24-21-23-29(3)4/h27H,5-26H2,1-4H3,(H,31,32). The fourth-order valence-corrected chi connectivity index (χ4v) is 5.15. The van der Waals surface area contributed by atoms with Crippen LogP contribution in [0.4, 0.5) is 0 Å². The summed E-state index contributed by atoms with van der Waals surface area (Å²) in [5.41, 5.74) is 0. The van der Waals surface area contributed by atoms with Crippen LogP contribution < -0.4 is 0 Å². The van der Waals surface area contributed by atoms with Gasteiger partial charge in [-0.2, -0.15) is 0 Å². The third-order valence-electron chi connectivity index (χ3n) is 6.60. The van der Waals surface area contributed by atoms with Crippen molar-refractivity contribution in [3.05, 3.63) is 0 Å². The Balaban J connectivity index is 3.88. The average molecular weight is 520 g/mol. The van der Waals surface area contributed by atoms with E-state index in [1.807, 2.05) is 25.9 Å². The van der Waals surface area contributed by atoms with Crippen molar-refractivity contribution < 1.29 is 23.3 Å². The molecule has 0 spiro atoms. The van der Waals surface area contributed by atoms with E-state index < -0.39 is 7.82 Å². The highest BCUT2D eigenvalue weighted by molar-refractivity contribution is 7.47. The van der Waals surface area contributed by atoms with E-state index in [4.69, 9.17) is 9.05 Å². The van der Waals surface area contributed by atoms with Crippen LogP contribution in [0.5, 0.6) is 0 Å². The molecular weight excluding hydrogens is 461 g/mol. The molecule has 0 radical (unpaired) electrons. The van der Waals surface area contributed by atoms with Crippen molar-refractivity contribution in [2.45, 2.75) is 136 Å². The number of carbonyl (C=O) groups is 1. The highest BCUT2D eigenvalue weighted by Crippen LogP contribution is 2.44. The second-order valence-electron chi connectivity index (χ2n) is 10.5. The molecule has 35 heavy (non-hydrogen) atoms. The molecule has 0 aromatic heterocycles. The first-order valence-corrected chi connectivity index (χ1v) is 16.1. The minimum Gasteiger partial charge on any atom is -0.309 e. The second-order valence-corrected chi connectivity index (χ2v) is 11.9. The number of Topliss-reactive ketones (excluding diaryl/α,β-unsaturated/α-hetero) is 1. The minimum absolute atomic E-state index is 0.0183. The Kier molecular flexibility index (Phi) is 23.9. The van der Waals surface area contributed by atoms with E-state index >= 15 is 0 Å². The van der Waals surface area contributed by atoms with Gasteiger partial charge in [-0.1, -0.05) is 110 Å². The summed E-state index contributed by atoms with van der Waals surface area (Å²) in [6.45, 7) is 5.20. The van der Waals surface area contributed by atoms with Crippen LogP contribution in [-0.4, -0.2) is 49.4 Å². The molecule has 0 saturated heterocycles. The Morgan fingerprint density at radius 1 is 0.771 bits per heavy atom. The van der Waals surface area contributed by atoms with Crippen molar-refractivity contribution in [2.75, 3.05) is 33.9 Å². The topological polar surface area (TPSA) is 76.1 Å². The van der Waals surface area contributed by atoms with Gasteiger partial charge in [0.2, 0.25) is 0 Å². The zero-order valence-electron chi connectivity index (χ0n) is 23.6. The van der Waals surface area contributed by atoms with Crippen molar-refractivity contribution >= 4 is 13.6 Å². The Morgan fingerprint density at radius 3 is 1.71 bits per heavy atom. The normalized spacial score (nSPS) is 14.3. The van der Waals surface area contributed by atoms with Crippen LogP contribution in [0.15, 0.2) is 0 Å². The van der Waals surface area contributed by atoms with Crippen LogP contribution in [0.3, 0.4) is 0 Å². The van der Waals surface area contributed by atoms with Crippen molar-refractivity contribution in [3.8, 4) is 0 Å². The maximum Gasteiger partial charge on any atom is 0.472 e. The quantitative estimate of drug-likeness (QED) is 0.0868. The fourth-order valence-electron chi connectivity index (χ4n) is 4.31. The SMILES string of the molecule is CCCCCCCCCCCCCCCCCC(COP(=O)(O)OCCCN(C)C)CC(=O)CC. The van der Waals surface area contributed by atoms with E-state index in [2.05, 4.69) is 6.92 Å². The highest BCUT2D eigenvalue weighted by atomic mass is 31.2. The van der Waals surface area contributed by atoms with Gasteiger partial charge < -0.3 is 9.79 Å². The van der Waals surface area contributed by atoms with Crippen molar-refractivity contribution in [1.82, 2.24) is 4.90 Å². The van der Waals surface area contributed by atoms with Gasteiger partial charge in [0.1, 0.15) is 5.78 Å². The third kappa shape index (κ3) is 25.2. The molecule has 0 aliphatic rings. The molecule has 0 aromatic carbocycles. The summed E-state index contributed by atoms with van der Waals surface area (Å²) in [6.07, 6.45) is 22.3. The van der Waals surface area contributed by atoms with Crippen molar-refractivity contribution in [1.29, 1.82) is 0 Å². The number of phosphoric ester groups is 1. The molecule has 0 saturated carbocycles. The molecule has 6 nitrogen and oxygen atoms in total. The zero-order chi connectivity index (χ0) is 26.2. The lowest BCUT2D eigenvalue weighted by molar-refractivity contribution is -0.120. The molecule has 7 heteroatoms. The number of hydrogen-bond donors (Lipinski definition) is 1. The summed E-state index contributed by atoms with van der Waals surface area (Å²) in [6, 6.07) is 0. The van der Waals surface area contributed by atoms with Gasteiger partial charge in [-0.3, -0.25) is 13.8 Å². The number of unbranched alkanes of at least 4 members (excludes halogenated alkanes) is 14. The van der Waals surface area contributed by atoms with Crippen LogP contribution in [0.2, 0.25) is 0 Å². The predicted octanol–water partition coefficient (Wildman–Crippen LogP) is 8.32. The summed E-state index contributed by atoms with van der Waals surface area (Å²) in [7, 11) is -0.169. The van der Waals surface area contributed by atoms with Gasteiger partial charge in [-0.15, -0.1) is 0 Å². The van der Waals surface area contributed by atoms with Gasteiger partial charge in [0.25, 0.3) is 0 Å². The first-order chi connectivity index (χ1) is 16.8. The molecule has 0 bridgehead atoms. The van der Waals surface area contributed by atoms with Gasteiger partial charge in [-0.05, 0) is 39.4 Å². The van der Waals surface area contributed by atoms with Crippen LogP contribution >= 0.6 is 7.82 Å². The summed E-state index contributed by atoms with van der Waals surface area (Å²) in [4.78, 5) is 23.9. The Morgan fingerprint density at radius 2 is 1.26 bits per heavy atom. The molecule has 0 rings (SSSR count). The number of nitrogens with zero attached hydrogens (tertiary/aromatic N) is 1. The largest absolute Gasteiger partial charge is 0.472 e. The van der Waals surface area contributed by atoms with E-state index in [0.29, 0.717) is 19.3 Å². The smallest absolute Gasteiger partial charge is 0.309 e. The van der Waals surface area contributed by atoms with Crippen LogP contribution in [-0.2, 0) is 18.4 Å². The van der Waals surface area contributed by atoms with Gasteiger partial charge >= 0.3 is 7.82 Å². The number of phosphoric acid groups is 1. The molecule has 0 amide bonds. The van der Waals surface area contributed by atoms with Gasteiger partial charge in [0.15, 0.2) is 0 Å². The van der Waals surface area contributed by atoms with E-state index in [-0.39, 0.29) is 24.9 Å². The lowest BCUT2D eigenvalue weighted by Gasteiger charge is -2.19. The first-order valence-electron chi connectivity index (χ1n) is 14.6. The van der Waals surface area contributed by atoms with E-state index in [9.17, 15) is 14.3 Å². The summed E-state index contributed by atoms with van der Waals surface area (Å²) in [5, 5.41) is 0. The van der Waals surface area contributed by atoms with E-state index in [0.717, 1.165) is 25.8 Å². The van der Waals surface area contributed by atoms with Gasteiger partial charge in [0.05, 0.1) is 13.2 Å². The maximum atomic E-state index is 12.1. The molecular formula is C28H58NO5P. The van der Waals surface area contributed by atoms with Crippen LogP contribution in [0, 0.1) is 5.92 Å². The van der Waals surface area contributed by atoms with Crippen LogP contribution in [0.1, 0.15) is 136 Å². The molecule has 2 atom stereocenters. The minimum atomic E-state index is -4.06. The summed E-state index contributed by atoms with van der Waals surface area (Å²) >= 11 is 0. The van der Waals surface area contributed by atoms with Crippen LogP contribution in [0.25, 0.3) is 0 Å². The zero-order valence-corrected chi connectivity index (χ0v) is 24.5. The summed E-state index contributed by atoms with van der Waals surface area (Å²) in [5.74, 6) is 0.162. The third-order valence-corrected chi connectivity index (χ3v) is 7.59. The van der Waals surface area contributed by atoms with E-state index in [1.165, 1.54) is 83.5 Å². The Labute approximate surface area is 217 Å². The number of ketones is 1. The monoisotopic (exact) mass is 519 g/mol. The number of rotatable bonds is 27. The summed E-state index contributed by atoms with van der Waals surface area (Å²) < 4.78 is 22.5. The van der Waals surface area contributed by atoms with Gasteiger partial charge in [0, 0.05) is 12.8 Å². The highest BCUT2D eigenvalue weighted by Gasteiger charge is 2.24. The maximum absolute atomic E-state index is 12.1. The number of hydrogen-bond acceptors (Lipinski definition) is 5. The van der Waals surface area contributed by atoms with Gasteiger partial charge in [-0.25, -0.2) is 4.57 Å². The number of carbonyl (C=O) groups excluding carboxylic acids is 1. The lowest BCUT2D eigenvalue weighted by Crippen LogP contribution is -2.16. The molecule has 0 heterocycles.